The Hall–Kier alpha value is -1.72. The van der Waals surface area contributed by atoms with Crippen molar-refractivity contribution in [3.05, 3.63) is 52.5 Å². The summed E-state index contributed by atoms with van der Waals surface area (Å²) in [5, 5.41) is 0.217. The highest BCUT2D eigenvalue weighted by atomic mass is 35.5. The normalized spacial score (nSPS) is 11.3. The molecule has 2 aromatic rings. The molecule has 0 aliphatic heterocycles. The minimum atomic E-state index is -3.68. The fourth-order valence-electron chi connectivity index (χ4n) is 1.72. The van der Waals surface area contributed by atoms with Crippen molar-refractivity contribution in [3.63, 3.8) is 0 Å². The van der Waals surface area contributed by atoms with Gasteiger partial charge in [0.1, 0.15) is 0 Å². The number of halogens is 1. The Morgan fingerprint density at radius 2 is 1.80 bits per heavy atom. The molecule has 0 spiro atoms. The number of hydrogen-bond donors (Lipinski definition) is 2. The van der Waals surface area contributed by atoms with Crippen molar-refractivity contribution in [2.75, 3.05) is 10.5 Å². The number of aryl methyl sites for hydroxylation is 2. The summed E-state index contributed by atoms with van der Waals surface area (Å²) in [5.41, 5.74) is 8.30. The third-order valence-electron chi connectivity index (χ3n) is 2.92. The molecule has 0 radical (unpaired) electrons. The van der Waals surface area contributed by atoms with Crippen molar-refractivity contribution in [1.29, 1.82) is 0 Å². The van der Waals surface area contributed by atoms with Crippen molar-refractivity contribution in [3.8, 4) is 0 Å². The predicted octanol–water partition coefficient (Wildman–Crippen LogP) is 3.34. The van der Waals surface area contributed by atoms with Gasteiger partial charge in [0.15, 0.2) is 0 Å². The molecule has 0 amide bonds. The summed E-state index contributed by atoms with van der Waals surface area (Å²) in [7, 11) is -3.68. The molecule has 106 valence electrons. The van der Waals surface area contributed by atoms with Gasteiger partial charge in [0, 0.05) is 0 Å². The molecule has 0 atom stereocenters. The van der Waals surface area contributed by atoms with Gasteiger partial charge in [0.25, 0.3) is 10.0 Å². The molecular weight excluding hydrogens is 296 g/mol. The van der Waals surface area contributed by atoms with Gasteiger partial charge in [-0.2, -0.15) is 0 Å². The Morgan fingerprint density at radius 3 is 2.45 bits per heavy atom. The average Bonchev–Trinajstić information content (AvgIpc) is 2.36. The Labute approximate surface area is 123 Å². The first-order valence-corrected chi connectivity index (χ1v) is 7.81. The molecule has 20 heavy (non-hydrogen) atoms. The lowest BCUT2D eigenvalue weighted by molar-refractivity contribution is 0.601. The topological polar surface area (TPSA) is 72.2 Å². The SMILES string of the molecule is Cc1ccc(C)c(NS(=O)(=O)c2ccc(N)c(Cl)c2)c1. The third-order valence-corrected chi connectivity index (χ3v) is 4.61. The molecule has 2 aromatic carbocycles. The molecule has 4 nitrogen and oxygen atoms in total. The van der Waals surface area contributed by atoms with E-state index in [0.717, 1.165) is 11.1 Å². The van der Waals surface area contributed by atoms with Gasteiger partial charge in [0.05, 0.1) is 21.3 Å². The van der Waals surface area contributed by atoms with Crippen LogP contribution < -0.4 is 10.5 Å². The summed E-state index contributed by atoms with van der Waals surface area (Å²) in [6.07, 6.45) is 0. The van der Waals surface area contributed by atoms with E-state index in [1.807, 2.05) is 26.0 Å². The summed E-state index contributed by atoms with van der Waals surface area (Å²) in [5.74, 6) is 0. The van der Waals surface area contributed by atoms with E-state index >= 15 is 0 Å². The minimum absolute atomic E-state index is 0.0811. The van der Waals surface area contributed by atoms with Gasteiger partial charge < -0.3 is 5.73 Å². The molecule has 3 N–H and O–H groups in total. The van der Waals surface area contributed by atoms with Crippen LogP contribution in [0.1, 0.15) is 11.1 Å². The van der Waals surface area contributed by atoms with Crippen molar-refractivity contribution in [1.82, 2.24) is 0 Å². The van der Waals surface area contributed by atoms with Gasteiger partial charge >= 0.3 is 0 Å². The molecule has 0 aromatic heterocycles. The average molecular weight is 311 g/mol. The Morgan fingerprint density at radius 1 is 1.10 bits per heavy atom. The Kier molecular flexibility index (Phi) is 3.92. The van der Waals surface area contributed by atoms with Gasteiger partial charge in [-0.1, -0.05) is 23.7 Å². The lowest BCUT2D eigenvalue weighted by Crippen LogP contribution is -2.14. The van der Waals surface area contributed by atoms with Crippen molar-refractivity contribution < 1.29 is 8.42 Å². The zero-order chi connectivity index (χ0) is 14.9. The van der Waals surface area contributed by atoms with Crippen molar-refractivity contribution in [2.45, 2.75) is 18.7 Å². The molecule has 0 unspecified atom stereocenters. The summed E-state index contributed by atoms with van der Waals surface area (Å²) >= 11 is 5.86. The van der Waals surface area contributed by atoms with Crippen LogP contribution in [0.2, 0.25) is 5.02 Å². The van der Waals surface area contributed by atoms with E-state index in [2.05, 4.69) is 4.72 Å². The van der Waals surface area contributed by atoms with Crippen LogP contribution in [-0.4, -0.2) is 8.42 Å². The molecular formula is C14H15ClN2O2S. The van der Waals surface area contributed by atoms with Gasteiger partial charge in [0.2, 0.25) is 0 Å². The number of benzene rings is 2. The molecule has 6 heteroatoms. The Bertz CT molecular complexity index is 758. The maximum atomic E-state index is 12.3. The summed E-state index contributed by atoms with van der Waals surface area (Å²) in [6, 6.07) is 9.81. The van der Waals surface area contributed by atoms with Crippen molar-refractivity contribution in [2.24, 2.45) is 0 Å². The number of hydrogen-bond acceptors (Lipinski definition) is 3. The van der Waals surface area contributed by atoms with Gasteiger partial charge in [-0.05, 0) is 49.2 Å². The summed E-state index contributed by atoms with van der Waals surface area (Å²) in [6.45, 7) is 3.74. The van der Waals surface area contributed by atoms with Crippen LogP contribution in [0.3, 0.4) is 0 Å². The van der Waals surface area contributed by atoms with E-state index in [1.54, 1.807) is 6.07 Å². The van der Waals surface area contributed by atoms with Crippen LogP contribution in [0, 0.1) is 13.8 Å². The van der Waals surface area contributed by atoms with E-state index in [0.29, 0.717) is 11.4 Å². The lowest BCUT2D eigenvalue weighted by Gasteiger charge is -2.12. The molecule has 0 aliphatic carbocycles. The Balaban J connectivity index is 2.40. The first-order chi connectivity index (χ1) is 9.29. The first kappa shape index (κ1) is 14.7. The lowest BCUT2D eigenvalue weighted by atomic mass is 10.1. The van der Waals surface area contributed by atoms with E-state index in [9.17, 15) is 8.42 Å². The number of nitrogens with two attached hydrogens (primary N) is 1. The molecule has 2 rings (SSSR count). The highest BCUT2D eigenvalue weighted by Crippen LogP contribution is 2.25. The highest BCUT2D eigenvalue weighted by molar-refractivity contribution is 7.92. The van der Waals surface area contributed by atoms with Gasteiger partial charge in [-0.3, -0.25) is 4.72 Å². The van der Waals surface area contributed by atoms with E-state index < -0.39 is 10.0 Å². The molecule has 0 bridgehead atoms. The van der Waals surface area contributed by atoms with Gasteiger partial charge in [-0.25, -0.2) is 8.42 Å². The number of rotatable bonds is 3. The largest absolute Gasteiger partial charge is 0.398 e. The van der Waals surface area contributed by atoms with E-state index in [4.69, 9.17) is 17.3 Å². The fraction of sp³-hybridized carbons (Fsp3) is 0.143. The third kappa shape index (κ3) is 3.05. The van der Waals surface area contributed by atoms with Crippen molar-refractivity contribution >= 4 is 33.0 Å². The second-order valence-corrected chi connectivity index (χ2v) is 6.70. The van der Waals surface area contributed by atoms with Crippen LogP contribution in [0.15, 0.2) is 41.3 Å². The van der Waals surface area contributed by atoms with Crippen LogP contribution in [0.25, 0.3) is 0 Å². The molecule has 0 aliphatic rings. The minimum Gasteiger partial charge on any atom is -0.398 e. The van der Waals surface area contributed by atoms with Crippen LogP contribution in [-0.2, 0) is 10.0 Å². The number of anilines is 2. The molecule has 0 saturated carbocycles. The zero-order valence-electron chi connectivity index (χ0n) is 11.1. The maximum Gasteiger partial charge on any atom is 0.261 e. The molecule has 0 fully saturated rings. The second kappa shape index (κ2) is 5.34. The number of nitrogen functional groups attached to an aromatic ring is 1. The van der Waals surface area contributed by atoms with Gasteiger partial charge in [-0.15, -0.1) is 0 Å². The molecule has 0 heterocycles. The number of nitrogens with one attached hydrogen (secondary N) is 1. The fourth-order valence-corrected chi connectivity index (χ4v) is 3.12. The zero-order valence-corrected chi connectivity index (χ0v) is 12.7. The highest BCUT2D eigenvalue weighted by Gasteiger charge is 2.16. The standard InChI is InChI=1S/C14H15ClN2O2S/c1-9-3-4-10(2)14(7-9)17-20(18,19)11-5-6-13(16)12(15)8-11/h3-8,17H,16H2,1-2H3. The second-order valence-electron chi connectivity index (χ2n) is 4.61. The van der Waals surface area contributed by atoms with E-state index in [-0.39, 0.29) is 9.92 Å². The predicted molar refractivity (Wildman–Crippen MR) is 82.6 cm³/mol. The maximum absolute atomic E-state index is 12.3. The molecule has 0 saturated heterocycles. The summed E-state index contributed by atoms with van der Waals surface area (Å²) < 4.78 is 27.2. The smallest absolute Gasteiger partial charge is 0.261 e. The van der Waals surface area contributed by atoms with Crippen LogP contribution in [0.5, 0.6) is 0 Å². The first-order valence-electron chi connectivity index (χ1n) is 5.95. The van der Waals surface area contributed by atoms with Crippen LogP contribution >= 0.6 is 11.6 Å². The summed E-state index contributed by atoms with van der Waals surface area (Å²) in [4.78, 5) is 0.0811. The number of sulfonamides is 1. The quantitative estimate of drug-likeness (QED) is 0.854. The van der Waals surface area contributed by atoms with Crippen LogP contribution in [0.4, 0.5) is 11.4 Å². The monoisotopic (exact) mass is 310 g/mol. The van der Waals surface area contributed by atoms with E-state index in [1.165, 1.54) is 18.2 Å².